The Morgan fingerprint density at radius 1 is 1.50 bits per heavy atom. The number of carbonyl (C=O) groups excluding carboxylic acids is 1. The van der Waals surface area contributed by atoms with E-state index in [4.69, 9.17) is 4.74 Å². The Bertz CT molecular complexity index is 754. The lowest BCUT2D eigenvalue weighted by Gasteiger charge is -2.04. The van der Waals surface area contributed by atoms with Crippen molar-refractivity contribution in [3.8, 4) is 0 Å². The quantitative estimate of drug-likeness (QED) is 0.471. The van der Waals surface area contributed by atoms with E-state index in [1.54, 1.807) is 18.4 Å². The van der Waals surface area contributed by atoms with Gasteiger partial charge in [0.15, 0.2) is 5.16 Å². The number of thioether (sulfide) groups is 1. The van der Waals surface area contributed by atoms with Crippen molar-refractivity contribution in [1.82, 2.24) is 15.3 Å². The van der Waals surface area contributed by atoms with Crippen LogP contribution < -0.4 is 10.9 Å². The Kier molecular flexibility index (Phi) is 4.80. The Morgan fingerprint density at radius 3 is 3.18 bits per heavy atom. The number of aromatic nitrogens is 2. The lowest BCUT2D eigenvalue weighted by atomic mass is 10.2. The molecule has 22 heavy (non-hydrogen) atoms. The second-order valence-corrected chi connectivity index (χ2v) is 7.09. The molecule has 0 fully saturated rings. The Hall–Kier alpha value is -1.38. The molecule has 1 aliphatic rings. The maximum atomic E-state index is 12.3. The average Bonchev–Trinajstić information content (AvgIpc) is 3.05. The maximum absolute atomic E-state index is 12.3. The molecule has 2 N–H and O–H groups in total. The van der Waals surface area contributed by atoms with Gasteiger partial charge in [0.05, 0.1) is 17.7 Å². The van der Waals surface area contributed by atoms with E-state index in [0.29, 0.717) is 18.3 Å². The van der Waals surface area contributed by atoms with Crippen LogP contribution in [0.4, 0.5) is 0 Å². The number of ether oxygens (including phenoxy) is 1. The van der Waals surface area contributed by atoms with Crippen molar-refractivity contribution in [2.24, 2.45) is 0 Å². The van der Waals surface area contributed by atoms with Crippen molar-refractivity contribution >= 4 is 39.2 Å². The van der Waals surface area contributed by atoms with Crippen LogP contribution in [0.5, 0.6) is 0 Å². The zero-order chi connectivity index (χ0) is 15.5. The number of nitrogens with zero attached hydrogens (tertiary/aromatic N) is 1. The first-order valence-electron chi connectivity index (χ1n) is 7.12. The molecule has 0 aliphatic heterocycles. The third-order valence-corrected chi connectivity index (χ3v) is 5.58. The summed E-state index contributed by atoms with van der Waals surface area (Å²) in [5.41, 5.74) is 1.08. The minimum absolute atomic E-state index is 0.0910. The number of methoxy groups -OCH3 is 1. The molecule has 6 nitrogen and oxygen atoms in total. The van der Waals surface area contributed by atoms with Crippen molar-refractivity contribution in [1.29, 1.82) is 0 Å². The molecule has 1 aliphatic carbocycles. The summed E-state index contributed by atoms with van der Waals surface area (Å²) >= 11 is 2.85. The third kappa shape index (κ3) is 3.18. The number of hydrogen-bond donors (Lipinski definition) is 2. The number of aryl methyl sites for hydroxylation is 2. The fourth-order valence-corrected chi connectivity index (χ4v) is 4.54. The maximum Gasteiger partial charge on any atom is 0.260 e. The lowest BCUT2D eigenvalue weighted by Crippen LogP contribution is -2.28. The molecule has 1 amide bonds. The fourth-order valence-electron chi connectivity index (χ4n) is 2.53. The van der Waals surface area contributed by atoms with Gasteiger partial charge in [-0.25, -0.2) is 4.98 Å². The summed E-state index contributed by atoms with van der Waals surface area (Å²) in [4.78, 5) is 33.3. The molecule has 0 unspecified atom stereocenters. The molecule has 0 spiro atoms. The molecule has 0 aromatic carbocycles. The second kappa shape index (κ2) is 6.80. The number of H-pyrrole nitrogens is 1. The van der Waals surface area contributed by atoms with Crippen molar-refractivity contribution in [2.75, 3.05) is 26.0 Å². The first-order chi connectivity index (χ1) is 10.7. The average molecular weight is 339 g/mol. The molecule has 8 heteroatoms. The van der Waals surface area contributed by atoms with Gasteiger partial charge in [-0.1, -0.05) is 11.8 Å². The molecule has 118 valence electrons. The summed E-state index contributed by atoms with van der Waals surface area (Å²) in [5.74, 6) is 0.127. The van der Waals surface area contributed by atoms with E-state index in [9.17, 15) is 9.59 Å². The highest BCUT2D eigenvalue weighted by Gasteiger charge is 2.21. The van der Waals surface area contributed by atoms with E-state index < -0.39 is 0 Å². The van der Waals surface area contributed by atoms with Crippen LogP contribution in [-0.4, -0.2) is 41.9 Å². The topological polar surface area (TPSA) is 84.1 Å². The van der Waals surface area contributed by atoms with Gasteiger partial charge in [0.25, 0.3) is 5.56 Å². The van der Waals surface area contributed by atoms with Gasteiger partial charge in [-0.05, 0) is 24.8 Å². The van der Waals surface area contributed by atoms with Gasteiger partial charge in [0.1, 0.15) is 4.83 Å². The molecule has 0 bridgehead atoms. The fraction of sp³-hybridized carbons (Fsp3) is 0.500. The van der Waals surface area contributed by atoms with E-state index >= 15 is 0 Å². The normalized spacial score (nSPS) is 13.5. The smallest absolute Gasteiger partial charge is 0.260 e. The first kappa shape index (κ1) is 15.5. The first-order valence-corrected chi connectivity index (χ1v) is 8.92. The van der Waals surface area contributed by atoms with Gasteiger partial charge < -0.3 is 15.0 Å². The number of rotatable bonds is 6. The highest BCUT2D eigenvalue weighted by Crippen LogP contribution is 2.34. The van der Waals surface area contributed by atoms with Crippen molar-refractivity contribution in [3.05, 3.63) is 20.8 Å². The standard InChI is InChI=1S/C14H17N3O3S2/c1-20-6-5-15-10(18)7-21-14-16-12(19)11-8-3-2-4-9(8)22-13(11)17-14/h2-7H2,1H3,(H,15,18)(H,16,17,19). The zero-order valence-electron chi connectivity index (χ0n) is 12.2. The van der Waals surface area contributed by atoms with E-state index in [-0.39, 0.29) is 17.2 Å². The number of hydrogen-bond acceptors (Lipinski definition) is 6. The Morgan fingerprint density at radius 2 is 2.36 bits per heavy atom. The SMILES string of the molecule is COCCNC(=O)CSc1nc2sc3c(c2c(=O)[nH]1)CCC3. The van der Waals surface area contributed by atoms with E-state index in [2.05, 4.69) is 15.3 Å². The predicted octanol–water partition coefficient (Wildman–Crippen LogP) is 1.33. The Balaban J connectivity index is 1.70. The van der Waals surface area contributed by atoms with Crippen LogP contribution in [0.2, 0.25) is 0 Å². The molecule has 0 atom stereocenters. The predicted molar refractivity (Wildman–Crippen MR) is 87.9 cm³/mol. The van der Waals surface area contributed by atoms with Gasteiger partial charge in [0, 0.05) is 18.5 Å². The van der Waals surface area contributed by atoms with Gasteiger partial charge in [0.2, 0.25) is 5.91 Å². The van der Waals surface area contributed by atoms with Crippen molar-refractivity contribution < 1.29 is 9.53 Å². The van der Waals surface area contributed by atoms with Crippen LogP contribution >= 0.6 is 23.1 Å². The summed E-state index contributed by atoms with van der Waals surface area (Å²) in [6.45, 7) is 0.967. The highest BCUT2D eigenvalue weighted by atomic mass is 32.2. The zero-order valence-corrected chi connectivity index (χ0v) is 13.9. The summed E-state index contributed by atoms with van der Waals surface area (Å²) < 4.78 is 4.87. The van der Waals surface area contributed by atoms with Crippen LogP contribution in [0.3, 0.4) is 0 Å². The molecular formula is C14H17N3O3S2. The second-order valence-electron chi connectivity index (χ2n) is 5.04. The number of nitrogens with one attached hydrogen (secondary N) is 2. The lowest BCUT2D eigenvalue weighted by molar-refractivity contribution is -0.118. The minimum Gasteiger partial charge on any atom is -0.383 e. The summed E-state index contributed by atoms with van der Waals surface area (Å²) in [6, 6.07) is 0. The summed E-state index contributed by atoms with van der Waals surface area (Å²) in [7, 11) is 1.59. The van der Waals surface area contributed by atoms with Gasteiger partial charge >= 0.3 is 0 Å². The van der Waals surface area contributed by atoms with Crippen molar-refractivity contribution in [2.45, 2.75) is 24.4 Å². The molecule has 0 saturated heterocycles. The third-order valence-electron chi connectivity index (χ3n) is 3.52. The minimum atomic E-state index is -0.0986. The molecule has 2 aromatic rings. The number of aromatic amines is 1. The summed E-state index contributed by atoms with van der Waals surface area (Å²) in [5, 5.41) is 3.98. The molecule has 0 radical (unpaired) electrons. The molecule has 2 aromatic heterocycles. The largest absolute Gasteiger partial charge is 0.383 e. The number of amides is 1. The number of fused-ring (bicyclic) bond motifs is 3. The summed E-state index contributed by atoms with van der Waals surface area (Å²) in [6.07, 6.45) is 3.13. The Labute approximate surface area is 135 Å². The highest BCUT2D eigenvalue weighted by molar-refractivity contribution is 7.99. The van der Waals surface area contributed by atoms with Gasteiger partial charge in [-0.2, -0.15) is 0 Å². The van der Waals surface area contributed by atoms with Gasteiger partial charge in [-0.15, -0.1) is 11.3 Å². The van der Waals surface area contributed by atoms with Crippen LogP contribution in [0.25, 0.3) is 10.2 Å². The van der Waals surface area contributed by atoms with Crippen LogP contribution in [0, 0.1) is 0 Å². The van der Waals surface area contributed by atoms with E-state index in [0.717, 1.165) is 29.5 Å². The van der Waals surface area contributed by atoms with Gasteiger partial charge in [-0.3, -0.25) is 9.59 Å². The molecule has 3 rings (SSSR count). The van der Waals surface area contributed by atoms with E-state index in [1.165, 1.54) is 22.2 Å². The van der Waals surface area contributed by atoms with Crippen LogP contribution in [-0.2, 0) is 22.4 Å². The number of carbonyl (C=O) groups is 1. The van der Waals surface area contributed by atoms with Crippen molar-refractivity contribution in [3.63, 3.8) is 0 Å². The molecule has 2 heterocycles. The van der Waals surface area contributed by atoms with Crippen LogP contribution in [0.1, 0.15) is 16.9 Å². The van der Waals surface area contributed by atoms with E-state index in [1.807, 2.05) is 0 Å². The monoisotopic (exact) mass is 339 g/mol. The molecular weight excluding hydrogens is 322 g/mol. The number of thiophene rings is 1. The van der Waals surface area contributed by atoms with Crippen LogP contribution in [0.15, 0.2) is 9.95 Å². The molecule has 0 saturated carbocycles.